The summed E-state index contributed by atoms with van der Waals surface area (Å²) in [6.45, 7) is 7.97. The van der Waals surface area contributed by atoms with Crippen molar-refractivity contribution in [2.75, 3.05) is 25.1 Å². The highest BCUT2D eigenvalue weighted by molar-refractivity contribution is 5.99. The van der Waals surface area contributed by atoms with Crippen LogP contribution in [-0.2, 0) is 14.9 Å². The van der Waals surface area contributed by atoms with Crippen molar-refractivity contribution in [3.05, 3.63) is 53.2 Å². The van der Waals surface area contributed by atoms with E-state index in [-0.39, 0.29) is 5.91 Å². The number of benzene rings is 1. The van der Waals surface area contributed by atoms with Crippen LogP contribution in [0.2, 0.25) is 0 Å². The molecule has 1 aromatic heterocycles. The molecule has 0 saturated carbocycles. The van der Waals surface area contributed by atoms with E-state index in [1.807, 2.05) is 25.1 Å². The Morgan fingerprint density at radius 3 is 2.71 bits per heavy atom. The van der Waals surface area contributed by atoms with Gasteiger partial charge in [-0.25, -0.2) is 4.98 Å². The van der Waals surface area contributed by atoms with Gasteiger partial charge in [0.15, 0.2) is 0 Å². The minimum Gasteiger partial charge on any atom is -0.477 e. The van der Waals surface area contributed by atoms with E-state index in [9.17, 15) is 4.79 Å². The minimum absolute atomic E-state index is 0.00208. The number of nitrogens with one attached hydrogen (secondary N) is 1. The van der Waals surface area contributed by atoms with Crippen LogP contribution in [0.4, 0.5) is 5.69 Å². The number of hydrogen-bond acceptors (Lipinski definition) is 4. The number of pyridine rings is 1. The minimum atomic E-state index is -0.575. The molecule has 1 saturated heterocycles. The normalized spacial score (nSPS) is 15.8. The molecule has 0 unspecified atom stereocenters. The number of ether oxygens (including phenoxy) is 2. The van der Waals surface area contributed by atoms with Gasteiger partial charge in [0.25, 0.3) is 0 Å². The standard InChI is InChI=1S/C23H30N2O3/c1-4-5-11-28-21-18(3)15-20(16-24-21)25-22(26)23(9-12-27-13-10-23)19-8-6-7-17(2)14-19/h6-8,14-16H,4-5,9-13H2,1-3H3,(H,25,26). The predicted octanol–water partition coefficient (Wildman–Crippen LogP) is 4.56. The Balaban J connectivity index is 1.80. The highest BCUT2D eigenvalue weighted by Gasteiger charge is 2.41. The second-order valence-electron chi connectivity index (χ2n) is 7.57. The Morgan fingerprint density at radius 1 is 1.25 bits per heavy atom. The summed E-state index contributed by atoms with van der Waals surface area (Å²) >= 11 is 0. The third kappa shape index (κ3) is 4.53. The molecule has 150 valence electrons. The maximum atomic E-state index is 13.4. The Kier molecular flexibility index (Phi) is 6.68. The molecule has 1 aliphatic heterocycles. The zero-order chi connectivity index (χ0) is 20.0. The van der Waals surface area contributed by atoms with E-state index < -0.39 is 5.41 Å². The molecule has 0 aliphatic carbocycles. The summed E-state index contributed by atoms with van der Waals surface area (Å²) in [5.41, 5.74) is 3.25. The van der Waals surface area contributed by atoms with Crippen molar-refractivity contribution in [2.24, 2.45) is 0 Å². The number of carbonyl (C=O) groups is 1. The van der Waals surface area contributed by atoms with Crippen molar-refractivity contribution in [1.29, 1.82) is 0 Å². The lowest BCUT2D eigenvalue weighted by Crippen LogP contribution is -2.44. The van der Waals surface area contributed by atoms with E-state index in [2.05, 4.69) is 36.3 Å². The fourth-order valence-corrected chi connectivity index (χ4v) is 3.66. The highest BCUT2D eigenvalue weighted by Crippen LogP contribution is 2.36. The van der Waals surface area contributed by atoms with Gasteiger partial charge in [0.2, 0.25) is 11.8 Å². The molecule has 1 aliphatic rings. The first-order chi connectivity index (χ1) is 13.5. The predicted molar refractivity (Wildman–Crippen MR) is 111 cm³/mol. The lowest BCUT2D eigenvalue weighted by Gasteiger charge is -2.36. The second-order valence-corrected chi connectivity index (χ2v) is 7.57. The molecule has 5 heteroatoms. The Hall–Kier alpha value is -2.40. The van der Waals surface area contributed by atoms with Gasteiger partial charge >= 0.3 is 0 Å². The number of amides is 1. The summed E-state index contributed by atoms with van der Waals surface area (Å²) in [5, 5.41) is 3.09. The smallest absolute Gasteiger partial charge is 0.235 e. The molecule has 0 atom stereocenters. The average molecular weight is 383 g/mol. The highest BCUT2D eigenvalue weighted by atomic mass is 16.5. The van der Waals surface area contributed by atoms with E-state index in [0.29, 0.717) is 44.2 Å². The number of nitrogens with zero attached hydrogens (tertiary/aromatic N) is 1. The summed E-state index contributed by atoms with van der Waals surface area (Å²) in [6.07, 6.45) is 5.11. The summed E-state index contributed by atoms with van der Waals surface area (Å²) in [7, 11) is 0. The molecule has 28 heavy (non-hydrogen) atoms. The number of anilines is 1. The van der Waals surface area contributed by atoms with Crippen LogP contribution in [0.15, 0.2) is 36.5 Å². The number of unbranched alkanes of at least 4 members (excludes halogenated alkanes) is 1. The molecular weight excluding hydrogens is 352 g/mol. The van der Waals surface area contributed by atoms with Gasteiger partial charge in [0, 0.05) is 18.8 Å². The third-order valence-corrected chi connectivity index (χ3v) is 5.38. The van der Waals surface area contributed by atoms with Gasteiger partial charge in [0.1, 0.15) is 0 Å². The zero-order valence-electron chi connectivity index (χ0n) is 17.1. The van der Waals surface area contributed by atoms with E-state index in [0.717, 1.165) is 29.5 Å². The van der Waals surface area contributed by atoms with Crippen LogP contribution in [0.5, 0.6) is 5.88 Å². The first-order valence-corrected chi connectivity index (χ1v) is 10.1. The molecule has 0 bridgehead atoms. The SMILES string of the molecule is CCCCOc1ncc(NC(=O)C2(c3cccc(C)c3)CCOCC2)cc1C. The second kappa shape index (κ2) is 9.20. The van der Waals surface area contributed by atoms with Crippen molar-refractivity contribution < 1.29 is 14.3 Å². The molecule has 1 amide bonds. The third-order valence-electron chi connectivity index (χ3n) is 5.38. The quantitative estimate of drug-likeness (QED) is 0.713. The van der Waals surface area contributed by atoms with Crippen LogP contribution in [-0.4, -0.2) is 30.7 Å². The maximum absolute atomic E-state index is 13.4. The molecule has 0 radical (unpaired) electrons. The fraction of sp³-hybridized carbons (Fsp3) is 0.478. The topological polar surface area (TPSA) is 60.5 Å². The Bertz CT molecular complexity index is 813. The van der Waals surface area contributed by atoms with Crippen molar-refractivity contribution in [1.82, 2.24) is 4.98 Å². The van der Waals surface area contributed by atoms with Gasteiger partial charge in [-0.2, -0.15) is 0 Å². The monoisotopic (exact) mass is 382 g/mol. The molecular formula is C23H30N2O3. The first kappa shape index (κ1) is 20.3. The molecule has 1 N–H and O–H groups in total. The fourth-order valence-electron chi connectivity index (χ4n) is 3.66. The van der Waals surface area contributed by atoms with Gasteiger partial charge in [-0.1, -0.05) is 43.2 Å². The number of aromatic nitrogens is 1. The van der Waals surface area contributed by atoms with Crippen LogP contribution < -0.4 is 10.1 Å². The van der Waals surface area contributed by atoms with Gasteiger partial charge in [0.05, 0.1) is 23.9 Å². The number of rotatable bonds is 7. The summed E-state index contributed by atoms with van der Waals surface area (Å²) in [5.74, 6) is 0.633. The van der Waals surface area contributed by atoms with Crippen molar-refractivity contribution in [2.45, 2.75) is 51.9 Å². The Labute approximate surface area is 167 Å². The van der Waals surface area contributed by atoms with Crippen LogP contribution in [0, 0.1) is 13.8 Å². The first-order valence-electron chi connectivity index (χ1n) is 10.1. The van der Waals surface area contributed by atoms with Gasteiger partial charge < -0.3 is 14.8 Å². The van der Waals surface area contributed by atoms with Crippen molar-refractivity contribution in [3.63, 3.8) is 0 Å². The summed E-state index contributed by atoms with van der Waals surface area (Å²) < 4.78 is 11.3. The molecule has 2 heterocycles. The van der Waals surface area contributed by atoms with Gasteiger partial charge in [-0.3, -0.25) is 4.79 Å². The maximum Gasteiger partial charge on any atom is 0.235 e. The average Bonchev–Trinajstić information content (AvgIpc) is 2.70. The zero-order valence-corrected chi connectivity index (χ0v) is 17.1. The summed E-state index contributed by atoms with van der Waals surface area (Å²) in [4.78, 5) is 17.8. The number of carbonyl (C=O) groups excluding carboxylic acids is 1. The summed E-state index contributed by atoms with van der Waals surface area (Å²) in [6, 6.07) is 10.2. The van der Waals surface area contributed by atoms with E-state index in [4.69, 9.17) is 9.47 Å². The molecule has 3 rings (SSSR count). The van der Waals surface area contributed by atoms with Crippen LogP contribution >= 0.6 is 0 Å². The van der Waals surface area contributed by atoms with Crippen LogP contribution in [0.3, 0.4) is 0 Å². The number of aryl methyl sites for hydroxylation is 2. The van der Waals surface area contributed by atoms with E-state index in [1.54, 1.807) is 6.20 Å². The van der Waals surface area contributed by atoms with Crippen molar-refractivity contribution >= 4 is 11.6 Å². The van der Waals surface area contributed by atoms with Crippen LogP contribution in [0.1, 0.15) is 49.3 Å². The largest absolute Gasteiger partial charge is 0.477 e. The lowest BCUT2D eigenvalue weighted by molar-refractivity contribution is -0.125. The molecule has 1 aromatic carbocycles. The lowest BCUT2D eigenvalue weighted by atomic mass is 9.73. The van der Waals surface area contributed by atoms with E-state index in [1.165, 1.54) is 0 Å². The number of hydrogen-bond donors (Lipinski definition) is 1. The molecule has 5 nitrogen and oxygen atoms in total. The van der Waals surface area contributed by atoms with E-state index >= 15 is 0 Å². The van der Waals surface area contributed by atoms with Gasteiger partial charge in [-0.15, -0.1) is 0 Å². The van der Waals surface area contributed by atoms with Crippen LogP contribution in [0.25, 0.3) is 0 Å². The Morgan fingerprint density at radius 2 is 2.04 bits per heavy atom. The molecule has 1 fully saturated rings. The van der Waals surface area contributed by atoms with Gasteiger partial charge in [-0.05, 0) is 44.7 Å². The molecule has 2 aromatic rings. The van der Waals surface area contributed by atoms with Crippen molar-refractivity contribution in [3.8, 4) is 5.88 Å². The molecule has 0 spiro atoms.